The fourth-order valence-corrected chi connectivity index (χ4v) is 3.49. The molecule has 0 saturated heterocycles. The molecule has 1 N–H and O–H groups in total. The van der Waals surface area contributed by atoms with Gasteiger partial charge in [-0.05, 0) is 33.4 Å². The van der Waals surface area contributed by atoms with Gasteiger partial charge in [0.2, 0.25) is 5.13 Å². The summed E-state index contributed by atoms with van der Waals surface area (Å²) >= 11 is 12.1. The summed E-state index contributed by atoms with van der Waals surface area (Å²) in [7, 11) is 0. The van der Waals surface area contributed by atoms with E-state index in [1.807, 2.05) is 16.8 Å². The molecule has 0 spiro atoms. The quantitative estimate of drug-likeness (QED) is 0.663. The van der Waals surface area contributed by atoms with Crippen molar-refractivity contribution >= 4 is 61.2 Å². The van der Waals surface area contributed by atoms with E-state index < -0.39 is 0 Å². The summed E-state index contributed by atoms with van der Waals surface area (Å²) in [6.45, 7) is 0. The highest BCUT2D eigenvalue weighted by atomic mass is 79.9. The standard InChI is InChI=1S/C12H6BrClN4OS2/c13-7-3-8(9(14)15-4-7)10(19)16-12-18-17-11(21-12)6-1-2-20-5-6/h1-5H,(H,16,18,19). The number of rotatable bonds is 3. The van der Waals surface area contributed by atoms with Gasteiger partial charge in [-0.3, -0.25) is 10.1 Å². The molecule has 0 bridgehead atoms. The number of halogens is 2. The maximum atomic E-state index is 12.2. The lowest BCUT2D eigenvalue weighted by molar-refractivity contribution is 0.102. The number of amides is 1. The summed E-state index contributed by atoms with van der Waals surface area (Å²) in [5.41, 5.74) is 1.26. The summed E-state index contributed by atoms with van der Waals surface area (Å²) in [5.74, 6) is -0.373. The smallest absolute Gasteiger partial charge is 0.260 e. The highest BCUT2D eigenvalue weighted by molar-refractivity contribution is 9.10. The molecule has 3 aromatic rings. The van der Waals surface area contributed by atoms with E-state index in [1.165, 1.54) is 17.5 Å². The predicted octanol–water partition coefficient (Wildman–Crippen LogP) is 4.33. The molecule has 106 valence electrons. The average molecular weight is 402 g/mol. The first-order valence-electron chi connectivity index (χ1n) is 5.62. The van der Waals surface area contributed by atoms with Gasteiger partial charge in [-0.2, -0.15) is 11.3 Å². The zero-order valence-corrected chi connectivity index (χ0v) is 14.2. The molecular formula is C12H6BrClN4OS2. The summed E-state index contributed by atoms with van der Waals surface area (Å²) in [4.78, 5) is 16.1. The van der Waals surface area contributed by atoms with Crippen LogP contribution in [-0.2, 0) is 0 Å². The molecule has 3 aromatic heterocycles. The Morgan fingerprint density at radius 2 is 2.24 bits per heavy atom. The molecular weight excluding hydrogens is 396 g/mol. The zero-order chi connectivity index (χ0) is 14.8. The Morgan fingerprint density at radius 3 is 3.00 bits per heavy atom. The Kier molecular flexibility index (Phi) is 4.29. The van der Waals surface area contributed by atoms with Crippen LogP contribution in [-0.4, -0.2) is 21.1 Å². The van der Waals surface area contributed by atoms with Crippen LogP contribution in [0.1, 0.15) is 10.4 Å². The van der Waals surface area contributed by atoms with E-state index in [2.05, 4.69) is 36.4 Å². The first kappa shape index (κ1) is 14.6. The second kappa shape index (κ2) is 6.18. The van der Waals surface area contributed by atoms with E-state index >= 15 is 0 Å². The van der Waals surface area contributed by atoms with Gasteiger partial charge < -0.3 is 0 Å². The number of thiophene rings is 1. The molecule has 21 heavy (non-hydrogen) atoms. The van der Waals surface area contributed by atoms with Gasteiger partial charge in [-0.1, -0.05) is 22.9 Å². The SMILES string of the molecule is O=C(Nc1nnc(-c2ccsc2)s1)c1cc(Br)cnc1Cl. The molecule has 0 saturated carbocycles. The molecule has 1 amide bonds. The maximum Gasteiger partial charge on any atom is 0.260 e. The van der Waals surface area contributed by atoms with Gasteiger partial charge in [-0.25, -0.2) is 4.98 Å². The Balaban J connectivity index is 1.80. The summed E-state index contributed by atoms with van der Waals surface area (Å²) < 4.78 is 0.674. The van der Waals surface area contributed by atoms with Crippen LogP contribution in [0.5, 0.6) is 0 Å². The maximum absolute atomic E-state index is 12.2. The number of carbonyl (C=O) groups is 1. The molecule has 3 rings (SSSR count). The summed E-state index contributed by atoms with van der Waals surface area (Å²) in [6.07, 6.45) is 1.53. The second-order valence-corrected chi connectivity index (χ2v) is 6.90. The van der Waals surface area contributed by atoms with Crippen LogP contribution >= 0.6 is 50.2 Å². The van der Waals surface area contributed by atoms with Crippen molar-refractivity contribution in [3.63, 3.8) is 0 Å². The summed E-state index contributed by atoms with van der Waals surface area (Å²) in [6, 6.07) is 3.55. The normalized spacial score (nSPS) is 10.6. The van der Waals surface area contributed by atoms with Crippen molar-refractivity contribution in [1.82, 2.24) is 15.2 Å². The van der Waals surface area contributed by atoms with Crippen molar-refractivity contribution in [2.45, 2.75) is 0 Å². The number of aromatic nitrogens is 3. The van der Waals surface area contributed by atoms with Crippen LogP contribution in [0, 0.1) is 0 Å². The van der Waals surface area contributed by atoms with Crippen LogP contribution < -0.4 is 5.32 Å². The van der Waals surface area contributed by atoms with Gasteiger partial charge in [0.1, 0.15) is 10.2 Å². The van der Waals surface area contributed by atoms with E-state index in [0.29, 0.717) is 9.60 Å². The van der Waals surface area contributed by atoms with Crippen molar-refractivity contribution in [1.29, 1.82) is 0 Å². The molecule has 0 aliphatic carbocycles. The summed E-state index contributed by atoms with van der Waals surface area (Å²) in [5, 5.41) is 15.9. The van der Waals surface area contributed by atoms with Crippen LogP contribution in [0.25, 0.3) is 10.6 Å². The minimum Gasteiger partial charge on any atom is -0.296 e. The van der Waals surface area contributed by atoms with Gasteiger partial charge in [0, 0.05) is 21.6 Å². The molecule has 0 fully saturated rings. The van der Waals surface area contributed by atoms with E-state index in [0.717, 1.165) is 10.6 Å². The molecule has 0 aliphatic rings. The molecule has 3 heterocycles. The molecule has 9 heteroatoms. The van der Waals surface area contributed by atoms with Crippen LogP contribution in [0.4, 0.5) is 5.13 Å². The third-order valence-electron chi connectivity index (χ3n) is 2.46. The third-order valence-corrected chi connectivity index (χ3v) is 4.77. The van der Waals surface area contributed by atoms with Crippen molar-refractivity contribution in [3.8, 4) is 10.6 Å². The molecule has 0 unspecified atom stereocenters. The lowest BCUT2D eigenvalue weighted by Gasteiger charge is -2.03. The van der Waals surface area contributed by atoms with Crippen molar-refractivity contribution in [2.75, 3.05) is 5.32 Å². The molecule has 0 aromatic carbocycles. The van der Waals surface area contributed by atoms with Gasteiger partial charge in [0.05, 0.1) is 5.56 Å². The van der Waals surface area contributed by atoms with Gasteiger partial charge in [0.25, 0.3) is 5.91 Å². The molecule has 0 aliphatic heterocycles. The van der Waals surface area contributed by atoms with E-state index in [-0.39, 0.29) is 16.6 Å². The molecule has 0 radical (unpaired) electrons. The topological polar surface area (TPSA) is 67.8 Å². The highest BCUT2D eigenvalue weighted by Crippen LogP contribution is 2.28. The second-order valence-electron chi connectivity index (χ2n) is 3.87. The predicted molar refractivity (Wildman–Crippen MR) is 88.1 cm³/mol. The fraction of sp³-hybridized carbons (Fsp3) is 0. The zero-order valence-electron chi connectivity index (χ0n) is 10.2. The van der Waals surface area contributed by atoms with E-state index in [1.54, 1.807) is 17.4 Å². The van der Waals surface area contributed by atoms with Crippen molar-refractivity contribution in [3.05, 3.63) is 44.3 Å². The average Bonchev–Trinajstić information content (AvgIpc) is 3.11. The van der Waals surface area contributed by atoms with E-state index in [4.69, 9.17) is 11.6 Å². The minimum absolute atomic E-state index is 0.137. The Morgan fingerprint density at radius 1 is 1.38 bits per heavy atom. The van der Waals surface area contributed by atoms with Crippen molar-refractivity contribution in [2.24, 2.45) is 0 Å². The molecule has 0 atom stereocenters. The van der Waals surface area contributed by atoms with Gasteiger partial charge >= 0.3 is 0 Å². The number of pyridine rings is 1. The largest absolute Gasteiger partial charge is 0.296 e. The number of anilines is 1. The number of hydrogen-bond acceptors (Lipinski definition) is 6. The number of hydrogen-bond donors (Lipinski definition) is 1. The first-order chi connectivity index (χ1) is 10.1. The Bertz CT molecular complexity index is 790. The van der Waals surface area contributed by atoms with Crippen LogP contribution in [0.3, 0.4) is 0 Å². The molecule has 5 nitrogen and oxygen atoms in total. The number of nitrogens with one attached hydrogen (secondary N) is 1. The highest BCUT2D eigenvalue weighted by Gasteiger charge is 2.15. The van der Waals surface area contributed by atoms with E-state index in [9.17, 15) is 4.79 Å². The van der Waals surface area contributed by atoms with Crippen LogP contribution in [0.15, 0.2) is 33.6 Å². The monoisotopic (exact) mass is 400 g/mol. The Hall–Kier alpha value is -1.35. The first-order valence-corrected chi connectivity index (χ1v) is 8.55. The van der Waals surface area contributed by atoms with Crippen LogP contribution in [0.2, 0.25) is 5.15 Å². The van der Waals surface area contributed by atoms with Gasteiger partial charge in [-0.15, -0.1) is 10.2 Å². The number of nitrogens with zero attached hydrogens (tertiary/aromatic N) is 3. The van der Waals surface area contributed by atoms with Gasteiger partial charge in [0.15, 0.2) is 0 Å². The minimum atomic E-state index is -0.373. The van der Waals surface area contributed by atoms with Crippen molar-refractivity contribution < 1.29 is 4.79 Å². The third kappa shape index (κ3) is 3.29. The lowest BCUT2D eigenvalue weighted by atomic mass is 10.3. The Labute approximate surface area is 141 Å². The lowest BCUT2D eigenvalue weighted by Crippen LogP contribution is -2.12. The fourth-order valence-electron chi connectivity index (χ4n) is 1.52. The number of carbonyl (C=O) groups excluding carboxylic acids is 1.